The quantitative estimate of drug-likeness (QED) is 0.796. The molecule has 0 fully saturated rings. The van der Waals surface area contributed by atoms with Gasteiger partial charge in [-0.05, 0) is 48.0 Å². The van der Waals surface area contributed by atoms with E-state index in [0.29, 0.717) is 5.75 Å². The monoisotopic (exact) mass is 353 g/mol. The smallest absolute Gasteiger partial charge is 0.221 e. The van der Waals surface area contributed by atoms with E-state index in [4.69, 9.17) is 0 Å². The second-order valence-corrected chi connectivity index (χ2v) is 6.24. The minimum absolute atomic E-state index is 0.0879. The molecule has 104 valence electrons. The standard InChI is InChI=1S/C15H13BrFNOS/c1-10(19)18-14-2-4-15(5-3-14)20-9-11-6-12(16)8-13(17)7-11/h2-8H,9H2,1H3,(H,18,19). The van der Waals surface area contributed by atoms with E-state index in [1.807, 2.05) is 30.3 Å². The fourth-order valence-corrected chi connectivity index (χ4v) is 3.04. The van der Waals surface area contributed by atoms with E-state index in [0.717, 1.165) is 20.6 Å². The van der Waals surface area contributed by atoms with Gasteiger partial charge in [0.1, 0.15) is 5.82 Å². The molecule has 0 atom stereocenters. The molecule has 20 heavy (non-hydrogen) atoms. The Balaban J connectivity index is 1.98. The molecule has 5 heteroatoms. The van der Waals surface area contributed by atoms with E-state index >= 15 is 0 Å². The molecule has 2 aromatic rings. The minimum atomic E-state index is -0.240. The van der Waals surface area contributed by atoms with Crippen LogP contribution in [0.15, 0.2) is 51.8 Å². The third-order valence-electron chi connectivity index (χ3n) is 2.50. The second kappa shape index (κ2) is 6.90. The number of nitrogens with one attached hydrogen (secondary N) is 1. The summed E-state index contributed by atoms with van der Waals surface area (Å²) in [5.41, 5.74) is 1.70. The van der Waals surface area contributed by atoms with Crippen molar-refractivity contribution >= 4 is 39.3 Å². The maximum Gasteiger partial charge on any atom is 0.221 e. The van der Waals surface area contributed by atoms with Gasteiger partial charge in [0.25, 0.3) is 0 Å². The number of halogens is 2. The number of amides is 1. The van der Waals surface area contributed by atoms with Crippen LogP contribution < -0.4 is 5.32 Å². The van der Waals surface area contributed by atoms with E-state index in [1.54, 1.807) is 11.8 Å². The lowest BCUT2D eigenvalue weighted by atomic mass is 10.2. The van der Waals surface area contributed by atoms with Crippen LogP contribution in [0.1, 0.15) is 12.5 Å². The highest BCUT2D eigenvalue weighted by atomic mass is 79.9. The Bertz CT molecular complexity index is 596. The van der Waals surface area contributed by atoms with E-state index in [9.17, 15) is 9.18 Å². The summed E-state index contributed by atoms with van der Waals surface area (Å²) in [4.78, 5) is 12.0. The SMILES string of the molecule is CC(=O)Nc1ccc(SCc2cc(F)cc(Br)c2)cc1. The molecule has 2 rings (SSSR count). The van der Waals surface area contributed by atoms with E-state index in [1.165, 1.54) is 19.1 Å². The van der Waals surface area contributed by atoms with Crippen LogP contribution in [0.4, 0.5) is 10.1 Å². The van der Waals surface area contributed by atoms with Crippen molar-refractivity contribution in [2.45, 2.75) is 17.6 Å². The molecular formula is C15H13BrFNOS. The van der Waals surface area contributed by atoms with Gasteiger partial charge >= 0.3 is 0 Å². The lowest BCUT2D eigenvalue weighted by Crippen LogP contribution is -2.05. The number of hydrogen-bond acceptors (Lipinski definition) is 2. The largest absolute Gasteiger partial charge is 0.326 e. The van der Waals surface area contributed by atoms with Gasteiger partial charge < -0.3 is 5.32 Å². The summed E-state index contributed by atoms with van der Waals surface area (Å²) in [6.07, 6.45) is 0. The summed E-state index contributed by atoms with van der Waals surface area (Å²) < 4.78 is 14.0. The molecule has 0 aliphatic carbocycles. The Morgan fingerprint density at radius 3 is 2.55 bits per heavy atom. The summed E-state index contributed by atoms with van der Waals surface area (Å²) in [6, 6.07) is 12.5. The average molecular weight is 354 g/mol. The summed E-state index contributed by atoms with van der Waals surface area (Å²) in [6.45, 7) is 1.48. The van der Waals surface area contributed by atoms with Gasteiger partial charge in [-0.3, -0.25) is 4.79 Å². The highest BCUT2D eigenvalue weighted by Crippen LogP contribution is 2.26. The van der Waals surface area contributed by atoms with Gasteiger partial charge in [-0.25, -0.2) is 4.39 Å². The first kappa shape index (κ1) is 15.1. The van der Waals surface area contributed by atoms with Crippen LogP contribution in [0.5, 0.6) is 0 Å². The summed E-state index contributed by atoms with van der Waals surface area (Å²) in [5, 5.41) is 2.72. The molecule has 0 saturated carbocycles. The number of thioether (sulfide) groups is 1. The van der Waals surface area contributed by atoms with Crippen LogP contribution in [0.2, 0.25) is 0 Å². The molecule has 1 amide bonds. The number of carbonyl (C=O) groups is 1. The highest BCUT2D eigenvalue weighted by Gasteiger charge is 2.01. The molecular weight excluding hydrogens is 341 g/mol. The van der Waals surface area contributed by atoms with Crippen LogP contribution in [0, 0.1) is 5.82 Å². The fraction of sp³-hybridized carbons (Fsp3) is 0.133. The molecule has 2 nitrogen and oxygen atoms in total. The average Bonchev–Trinajstić information content (AvgIpc) is 2.36. The third kappa shape index (κ3) is 4.65. The first-order valence-electron chi connectivity index (χ1n) is 5.98. The number of hydrogen-bond donors (Lipinski definition) is 1. The van der Waals surface area contributed by atoms with Crippen molar-refractivity contribution in [2.24, 2.45) is 0 Å². The molecule has 0 aliphatic rings. The van der Waals surface area contributed by atoms with Gasteiger partial charge in [-0.2, -0.15) is 0 Å². The summed E-state index contributed by atoms with van der Waals surface area (Å²) >= 11 is 4.90. The molecule has 0 spiro atoms. The summed E-state index contributed by atoms with van der Waals surface area (Å²) in [5.74, 6) is 0.363. The van der Waals surface area contributed by atoms with E-state index < -0.39 is 0 Å². The van der Waals surface area contributed by atoms with Crippen molar-refractivity contribution in [3.63, 3.8) is 0 Å². The maximum atomic E-state index is 13.2. The van der Waals surface area contributed by atoms with Gasteiger partial charge in [-0.1, -0.05) is 15.9 Å². The molecule has 0 unspecified atom stereocenters. The normalized spacial score (nSPS) is 10.3. The van der Waals surface area contributed by atoms with Gasteiger partial charge in [0.05, 0.1) is 0 Å². The fourth-order valence-electron chi connectivity index (χ4n) is 1.70. The number of benzene rings is 2. The van der Waals surface area contributed by atoms with Gasteiger partial charge in [0.2, 0.25) is 5.91 Å². The molecule has 0 aromatic heterocycles. The van der Waals surface area contributed by atoms with Crippen molar-refractivity contribution < 1.29 is 9.18 Å². The molecule has 0 radical (unpaired) electrons. The molecule has 0 aliphatic heterocycles. The molecule has 0 bridgehead atoms. The van der Waals surface area contributed by atoms with E-state index in [-0.39, 0.29) is 11.7 Å². The lowest BCUT2D eigenvalue weighted by molar-refractivity contribution is -0.114. The van der Waals surface area contributed by atoms with Crippen LogP contribution in [0.25, 0.3) is 0 Å². The third-order valence-corrected chi connectivity index (χ3v) is 4.04. The Morgan fingerprint density at radius 2 is 1.95 bits per heavy atom. The van der Waals surface area contributed by atoms with Crippen LogP contribution in [0.3, 0.4) is 0 Å². The molecule has 2 aromatic carbocycles. The van der Waals surface area contributed by atoms with Crippen molar-refractivity contribution in [2.75, 3.05) is 5.32 Å². The molecule has 1 N–H and O–H groups in total. The Morgan fingerprint density at radius 1 is 1.25 bits per heavy atom. The Kier molecular flexibility index (Phi) is 5.20. The molecule has 0 saturated heterocycles. The zero-order valence-corrected chi connectivity index (χ0v) is 13.2. The zero-order valence-electron chi connectivity index (χ0n) is 10.8. The first-order chi connectivity index (χ1) is 9.52. The maximum absolute atomic E-state index is 13.2. The highest BCUT2D eigenvalue weighted by molar-refractivity contribution is 9.10. The van der Waals surface area contributed by atoms with Crippen molar-refractivity contribution in [3.8, 4) is 0 Å². The molecule has 0 heterocycles. The number of anilines is 1. The van der Waals surface area contributed by atoms with Crippen LogP contribution in [-0.2, 0) is 10.5 Å². The van der Waals surface area contributed by atoms with Crippen molar-refractivity contribution in [1.29, 1.82) is 0 Å². The second-order valence-electron chi connectivity index (χ2n) is 4.27. The number of carbonyl (C=O) groups excluding carboxylic acids is 1. The number of rotatable bonds is 4. The van der Waals surface area contributed by atoms with Gasteiger partial charge in [-0.15, -0.1) is 11.8 Å². The minimum Gasteiger partial charge on any atom is -0.326 e. The van der Waals surface area contributed by atoms with Crippen molar-refractivity contribution in [3.05, 3.63) is 58.3 Å². The predicted octanol–water partition coefficient (Wildman–Crippen LogP) is 4.84. The van der Waals surface area contributed by atoms with Crippen LogP contribution >= 0.6 is 27.7 Å². The predicted molar refractivity (Wildman–Crippen MR) is 84.4 cm³/mol. The van der Waals surface area contributed by atoms with Gasteiger partial charge in [0.15, 0.2) is 0 Å². The topological polar surface area (TPSA) is 29.1 Å². The van der Waals surface area contributed by atoms with E-state index in [2.05, 4.69) is 21.2 Å². The lowest BCUT2D eigenvalue weighted by Gasteiger charge is -2.05. The van der Waals surface area contributed by atoms with Gasteiger partial charge in [0, 0.05) is 27.7 Å². The van der Waals surface area contributed by atoms with Crippen molar-refractivity contribution in [1.82, 2.24) is 0 Å². The Labute approximate surface area is 129 Å². The Hall–Kier alpha value is -1.33. The zero-order chi connectivity index (χ0) is 14.5. The summed E-state index contributed by atoms with van der Waals surface area (Å²) in [7, 11) is 0. The van der Waals surface area contributed by atoms with Crippen LogP contribution in [-0.4, -0.2) is 5.91 Å². The first-order valence-corrected chi connectivity index (χ1v) is 7.76.